The van der Waals surface area contributed by atoms with Gasteiger partial charge in [-0.15, -0.1) is 0 Å². The molecule has 0 aromatic heterocycles. The largest absolute Gasteiger partial charge is 0.271 e. The first-order valence-corrected chi connectivity index (χ1v) is 5.75. The van der Waals surface area contributed by atoms with Crippen LogP contribution in [0.3, 0.4) is 0 Å². The van der Waals surface area contributed by atoms with E-state index in [0.29, 0.717) is 11.1 Å². The lowest BCUT2D eigenvalue weighted by Gasteiger charge is -2.17. The Morgan fingerprint density at radius 1 is 1.00 bits per heavy atom. The smallest absolute Gasteiger partial charge is 0.126 e. The van der Waals surface area contributed by atoms with Crippen LogP contribution in [0, 0.1) is 17.5 Å². The summed E-state index contributed by atoms with van der Waals surface area (Å²) in [5, 5.41) is 0. The molecule has 0 amide bonds. The minimum Gasteiger partial charge on any atom is -0.271 e. The fourth-order valence-corrected chi connectivity index (χ4v) is 1.93. The van der Waals surface area contributed by atoms with Crippen molar-refractivity contribution < 1.29 is 13.2 Å². The predicted molar refractivity (Wildman–Crippen MR) is 66.5 cm³/mol. The Kier molecular flexibility index (Phi) is 4.19. The molecule has 1 unspecified atom stereocenters. The highest BCUT2D eigenvalue weighted by Gasteiger charge is 2.14. The first-order valence-electron chi connectivity index (χ1n) is 5.75. The molecule has 2 rings (SSSR count). The van der Waals surface area contributed by atoms with E-state index in [0.717, 1.165) is 6.07 Å². The molecule has 5 heteroatoms. The molecule has 0 fully saturated rings. The molecule has 3 N–H and O–H groups in total. The molecular formula is C14H13F3N2. The highest BCUT2D eigenvalue weighted by atomic mass is 19.1. The van der Waals surface area contributed by atoms with Gasteiger partial charge in [0.1, 0.15) is 17.5 Å². The van der Waals surface area contributed by atoms with Crippen molar-refractivity contribution in [1.82, 2.24) is 5.43 Å². The number of hydrogen-bond donors (Lipinski definition) is 2. The lowest BCUT2D eigenvalue weighted by molar-refractivity contribution is 0.516. The van der Waals surface area contributed by atoms with E-state index in [1.54, 1.807) is 18.2 Å². The maximum atomic E-state index is 13.5. The zero-order chi connectivity index (χ0) is 13.8. The van der Waals surface area contributed by atoms with Crippen molar-refractivity contribution in [2.75, 3.05) is 0 Å². The van der Waals surface area contributed by atoms with E-state index in [4.69, 9.17) is 5.84 Å². The van der Waals surface area contributed by atoms with Crippen molar-refractivity contribution in [3.05, 3.63) is 71.0 Å². The minimum absolute atomic E-state index is 0.200. The normalized spacial score (nSPS) is 12.4. The summed E-state index contributed by atoms with van der Waals surface area (Å²) in [7, 11) is 0. The molecule has 100 valence electrons. The fraction of sp³-hybridized carbons (Fsp3) is 0.143. The number of nitrogens with one attached hydrogen (secondary N) is 1. The summed E-state index contributed by atoms with van der Waals surface area (Å²) in [6, 6.07) is 8.76. The summed E-state index contributed by atoms with van der Waals surface area (Å²) >= 11 is 0. The second-order valence-electron chi connectivity index (χ2n) is 4.22. The monoisotopic (exact) mass is 266 g/mol. The summed E-state index contributed by atoms with van der Waals surface area (Å²) in [5.41, 5.74) is 3.21. The quantitative estimate of drug-likeness (QED) is 0.659. The van der Waals surface area contributed by atoms with Gasteiger partial charge in [-0.2, -0.15) is 0 Å². The number of hydrazine groups is 1. The van der Waals surface area contributed by atoms with Crippen LogP contribution in [0.1, 0.15) is 17.2 Å². The maximum absolute atomic E-state index is 13.5. The van der Waals surface area contributed by atoms with Gasteiger partial charge in [0, 0.05) is 6.07 Å². The van der Waals surface area contributed by atoms with Crippen molar-refractivity contribution in [1.29, 1.82) is 0 Å². The van der Waals surface area contributed by atoms with Crippen LogP contribution >= 0.6 is 0 Å². The van der Waals surface area contributed by atoms with E-state index >= 15 is 0 Å². The first-order chi connectivity index (χ1) is 9.10. The summed E-state index contributed by atoms with van der Waals surface area (Å²) < 4.78 is 39.9. The molecule has 2 nitrogen and oxygen atoms in total. The van der Waals surface area contributed by atoms with Crippen LogP contribution in [0.25, 0.3) is 0 Å². The average Bonchev–Trinajstić information content (AvgIpc) is 2.36. The molecular weight excluding hydrogens is 253 g/mol. The number of halogens is 3. The molecule has 1 atom stereocenters. The van der Waals surface area contributed by atoms with E-state index in [-0.39, 0.29) is 12.2 Å². The van der Waals surface area contributed by atoms with Crippen molar-refractivity contribution in [2.24, 2.45) is 5.84 Å². The Morgan fingerprint density at radius 2 is 1.63 bits per heavy atom. The Balaban J connectivity index is 2.28. The van der Waals surface area contributed by atoms with Gasteiger partial charge in [-0.1, -0.05) is 18.2 Å². The number of rotatable bonds is 4. The van der Waals surface area contributed by atoms with Crippen molar-refractivity contribution in [3.8, 4) is 0 Å². The molecule has 0 saturated heterocycles. The average molecular weight is 266 g/mol. The lowest BCUT2D eigenvalue weighted by Crippen LogP contribution is -2.30. The molecule has 0 aliphatic rings. The molecule has 0 radical (unpaired) electrons. The SMILES string of the molecule is NNC(Cc1ccccc1F)c1cc(F)cc(F)c1. The molecule has 2 aromatic rings. The first kappa shape index (κ1) is 13.6. The van der Waals surface area contributed by atoms with Crippen molar-refractivity contribution >= 4 is 0 Å². The minimum atomic E-state index is -0.691. The van der Waals surface area contributed by atoms with Gasteiger partial charge < -0.3 is 0 Å². The second-order valence-corrected chi connectivity index (χ2v) is 4.22. The van der Waals surface area contributed by atoms with Crippen molar-refractivity contribution in [2.45, 2.75) is 12.5 Å². The number of benzene rings is 2. The van der Waals surface area contributed by atoms with Gasteiger partial charge in [0.15, 0.2) is 0 Å². The molecule has 0 spiro atoms. The molecule has 0 heterocycles. The highest BCUT2D eigenvalue weighted by molar-refractivity contribution is 5.25. The molecule has 0 saturated carbocycles. The van der Waals surface area contributed by atoms with E-state index < -0.39 is 17.7 Å². The maximum Gasteiger partial charge on any atom is 0.126 e. The summed E-state index contributed by atoms with van der Waals surface area (Å²) in [4.78, 5) is 0. The van der Waals surface area contributed by atoms with Gasteiger partial charge in [0.05, 0.1) is 6.04 Å². The van der Waals surface area contributed by atoms with Gasteiger partial charge in [-0.3, -0.25) is 11.3 Å². The molecule has 19 heavy (non-hydrogen) atoms. The highest BCUT2D eigenvalue weighted by Crippen LogP contribution is 2.21. The summed E-state index contributed by atoms with van der Waals surface area (Å²) in [6.45, 7) is 0. The third-order valence-corrected chi connectivity index (χ3v) is 2.87. The van der Waals surface area contributed by atoms with Crippen LogP contribution in [0.15, 0.2) is 42.5 Å². The van der Waals surface area contributed by atoms with Crippen LogP contribution in [0.5, 0.6) is 0 Å². The van der Waals surface area contributed by atoms with Gasteiger partial charge in [0.25, 0.3) is 0 Å². The van der Waals surface area contributed by atoms with Crippen LogP contribution < -0.4 is 11.3 Å². The lowest BCUT2D eigenvalue weighted by atomic mass is 9.99. The Hall–Kier alpha value is -1.85. The molecule has 2 aromatic carbocycles. The number of nitrogens with two attached hydrogens (primary N) is 1. The van der Waals surface area contributed by atoms with E-state index in [2.05, 4.69) is 5.43 Å². The standard InChI is InChI=1S/C14H13F3N2/c15-11-5-10(6-12(16)8-11)14(19-18)7-9-3-1-2-4-13(9)17/h1-6,8,14,19H,7,18H2. The van der Waals surface area contributed by atoms with Gasteiger partial charge in [-0.25, -0.2) is 13.2 Å². The van der Waals surface area contributed by atoms with Gasteiger partial charge in [0.2, 0.25) is 0 Å². The van der Waals surface area contributed by atoms with Crippen molar-refractivity contribution in [3.63, 3.8) is 0 Å². The third kappa shape index (κ3) is 3.33. The second kappa shape index (κ2) is 5.86. The Morgan fingerprint density at radius 3 is 2.21 bits per heavy atom. The van der Waals surface area contributed by atoms with E-state index in [1.165, 1.54) is 18.2 Å². The van der Waals surface area contributed by atoms with Gasteiger partial charge >= 0.3 is 0 Å². The van der Waals surface area contributed by atoms with Crippen LogP contribution in [0.2, 0.25) is 0 Å². The Labute approximate surface area is 109 Å². The number of hydrogen-bond acceptors (Lipinski definition) is 2. The zero-order valence-corrected chi connectivity index (χ0v) is 10.0. The van der Waals surface area contributed by atoms with Crippen LogP contribution in [-0.2, 0) is 6.42 Å². The zero-order valence-electron chi connectivity index (χ0n) is 10.0. The summed E-state index contributed by atoms with van der Waals surface area (Å²) in [5.74, 6) is 3.63. The van der Waals surface area contributed by atoms with Crippen LogP contribution in [-0.4, -0.2) is 0 Å². The Bertz CT molecular complexity index is 552. The molecule has 0 aliphatic carbocycles. The van der Waals surface area contributed by atoms with Crippen LogP contribution in [0.4, 0.5) is 13.2 Å². The summed E-state index contributed by atoms with van der Waals surface area (Å²) in [6.07, 6.45) is 0.200. The van der Waals surface area contributed by atoms with E-state index in [9.17, 15) is 13.2 Å². The van der Waals surface area contributed by atoms with Gasteiger partial charge in [-0.05, 0) is 35.7 Å². The molecule has 0 aliphatic heterocycles. The fourth-order valence-electron chi connectivity index (χ4n) is 1.93. The molecule has 0 bridgehead atoms. The third-order valence-electron chi connectivity index (χ3n) is 2.87. The topological polar surface area (TPSA) is 38.0 Å². The predicted octanol–water partition coefficient (Wildman–Crippen LogP) is 2.85. The van der Waals surface area contributed by atoms with E-state index in [1.807, 2.05) is 0 Å².